The van der Waals surface area contributed by atoms with Crippen LogP contribution in [0.25, 0.3) is 0 Å². The molecule has 0 aliphatic heterocycles. The Labute approximate surface area is 199 Å². The summed E-state index contributed by atoms with van der Waals surface area (Å²) in [6.45, 7) is 6.10. The van der Waals surface area contributed by atoms with Gasteiger partial charge in [0.05, 0.1) is 0 Å². The average Bonchev–Trinajstić information content (AvgIpc) is 2.75. The van der Waals surface area contributed by atoms with E-state index in [-0.39, 0.29) is 17.9 Å². The van der Waals surface area contributed by atoms with Crippen LogP contribution in [0.1, 0.15) is 45.6 Å². The number of nitrogens with zero attached hydrogens (tertiary/aromatic N) is 1. The van der Waals surface area contributed by atoms with E-state index in [1.54, 1.807) is 29.7 Å². The van der Waals surface area contributed by atoms with Gasteiger partial charge in [-0.3, -0.25) is 9.59 Å². The van der Waals surface area contributed by atoms with Gasteiger partial charge in [-0.1, -0.05) is 42.3 Å². The van der Waals surface area contributed by atoms with Gasteiger partial charge in [0.15, 0.2) is 0 Å². The quantitative estimate of drug-likeness (QED) is 0.307. The first-order valence-electron chi connectivity index (χ1n) is 10.5. The SMILES string of the molecule is CC[C@H](C)NC(=O)[C@H](C)N(Cc1cccc(Cl)c1)C(=O)CCCSc1ccc(Cl)cc1. The molecule has 2 aromatic rings. The number of nitrogens with one attached hydrogen (secondary N) is 1. The summed E-state index contributed by atoms with van der Waals surface area (Å²) in [4.78, 5) is 28.6. The zero-order chi connectivity index (χ0) is 22.8. The van der Waals surface area contributed by atoms with Crippen molar-refractivity contribution in [3.05, 3.63) is 64.1 Å². The first-order chi connectivity index (χ1) is 14.8. The highest BCUT2D eigenvalue weighted by Gasteiger charge is 2.26. The van der Waals surface area contributed by atoms with Crippen molar-refractivity contribution in [3.63, 3.8) is 0 Å². The molecule has 2 aromatic carbocycles. The summed E-state index contributed by atoms with van der Waals surface area (Å²) < 4.78 is 0. The molecule has 2 atom stereocenters. The molecule has 7 heteroatoms. The Hall–Kier alpha value is -1.69. The summed E-state index contributed by atoms with van der Waals surface area (Å²) in [6.07, 6.45) is 1.93. The minimum absolute atomic E-state index is 0.0384. The van der Waals surface area contributed by atoms with Crippen LogP contribution < -0.4 is 5.32 Å². The highest BCUT2D eigenvalue weighted by molar-refractivity contribution is 7.99. The Morgan fingerprint density at radius 1 is 1.06 bits per heavy atom. The van der Waals surface area contributed by atoms with E-state index < -0.39 is 6.04 Å². The minimum Gasteiger partial charge on any atom is -0.352 e. The van der Waals surface area contributed by atoms with Gasteiger partial charge in [-0.15, -0.1) is 11.8 Å². The number of carbonyl (C=O) groups is 2. The molecule has 168 valence electrons. The van der Waals surface area contributed by atoms with Crippen molar-refractivity contribution in [3.8, 4) is 0 Å². The summed E-state index contributed by atoms with van der Waals surface area (Å²) in [5.74, 6) is 0.634. The lowest BCUT2D eigenvalue weighted by Gasteiger charge is -2.30. The second-order valence-corrected chi connectivity index (χ2v) is 9.59. The maximum Gasteiger partial charge on any atom is 0.242 e. The van der Waals surface area contributed by atoms with Gasteiger partial charge in [-0.2, -0.15) is 0 Å². The van der Waals surface area contributed by atoms with Gasteiger partial charge in [0.25, 0.3) is 0 Å². The molecule has 4 nitrogen and oxygen atoms in total. The van der Waals surface area contributed by atoms with Crippen molar-refractivity contribution in [1.82, 2.24) is 10.2 Å². The number of carbonyl (C=O) groups excluding carboxylic acids is 2. The van der Waals surface area contributed by atoms with Gasteiger partial charge < -0.3 is 10.2 Å². The number of rotatable bonds is 11. The summed E-state index contributed by atoms with van der Waals surface area (Å²) in [7, 11) is 0. The van der Waals surface area contributed by atoms with Gasteiger partial charge in [-0.25, -0.2) is 0 Å². The molecule has 0 saturated heterocycles. The zero-order valence-corrected chi connectivity index (χ0v) is 20.6. The normalized spacial score (nSPS) is 12.8. The Bertz CT molecular complexity index is 861. The molecule has 1 N–H and O–H groups in total. The van der Waals surface area contributed by atoms with Gasteiger partial charge in [0.1, 0.15) is 6.04 Å². The Morgan fingerprint density at radius 2 is 1.77 bits per heavy atom. The van der Waals surface area contributed by atoms with E-state index in [4.69, 9.17) is 23.2 Å². The van der Waals surface area contributed by atoms with Crippen LogP contribution in [0.3, 0.4) is 0 Å². The van der Waals surface area contributed by atoms with Crippen LogP contribution in [0.15, 0.2) is 53.4 Å². The molecule has 0 bridgehead atoms. The molecule has 2 rings (SSSR count). The summed E-state index contributed by atoms with van der Waals surface area (Å²) in [6, 6.07) is 14.6. The molecular weight excluding hydrogens is 451 g/mol. The largest absolute Gasteiger partial charge is 0.352 e. The van der Waals surface area contributed by atoms with Gasteiger partial charge >= 0.3 is 0 Å². The standard InChI is InChI=1S/C24H30Cl2N2O2S/c1-4-17(2)27-24(30)18(3)28(16-19-7-5-8-21(26)15-19)23(29)9-6-14-31-22-12-10-20(25)11-13-22/h5,7-8,10-13,15,17-18H,4,6,9,14,16H2,1-3H3,(H,27,30)/t17-,18-/m0/s1. The maximum atomic E-state index is 13.1. The highest BCUT2D eigenvalue weighted by atomic mass is 35.5. The molecule has 0 fully saturated rings. The third-order valence-corrected chi connectivity index (χ3v) is 6.61. The van der Waals surface area contributed by atoms with E-state index in [0.717, 1.165) is 29.1 Å². The van der Waals surface area contributed by atoms with Gasteiger partial charge in [-0.05, 0) is 74.4 Å². The van der Waals surface area contributed by atoms with E-state index >= 15 is 0 Å². The van der Waals surface area contributed by atoms with E-state index in [1.165, 1.54) is 0 Å². The lowest BCUT2D eigenvalue weighted by molar-refractivity contribution is -0.140. The fraction of sp³-hybridized carbons (Fsp3) is 0.417. The topological polar surface area (TPSA) is 49.4 Å². The number of benzene rings is 2. The van der Waals surface area contributed by atoms with E-state index in [0.29, 0.717) is 23.0 Å². The Balaban J connectivity index is 2.00. The predicted molar refractivity (Wildman–Crippen MR) is 131 cm³/mol. The molecular formula is C24H30Cl2N2O2S. The van der Waals surface area contributed by atoms with Crippen LogP contribution in [-0.4, -0.2) is 34.6 Å². The summed E-state index contributed by atoms with van der Waals surface area (Å²) >= 11 is 13.7. The fourth-order valence-corrected chi connectivity index (χ4v) is 4.16. The predicted octanol–water partition coefficient (Wildman–Crippen LogP) is 6.20. The number of halogens is 2. The van der Waals surface area contributed by atoms with E-state index in [1.807, 2.05) is 56.3 Å². The molecule has 0 aromatic heterocycles. The lowest BCUT2D eigenvalue weighted by Crippen LogP contribution is -2.49. The fourth-order valence-electron chi connectivity index (χ4n) is 2.97. The van der Waals surface area contributed by atoms with Crippen LogP contribution in [0.2, 0.25) is 10.0 Å². The Morgan fingerprint density at radius 3 is 2.42 bits per heavy atom. The number of hydrogen-bond donors (Lipinski definition) is 1. The van der Waals surface area contributed by atoms with Crippen molar-refractivity contribution in [2.24, 2.45) is 0 Å². The maximum absolute atomic E-state index is 13.1. The summed E-state index contributed by atoms with van der Waals surface area (Å²) in [5, 5.41) is 4.30. The molecule has 0 saturated carbocycles. The molecule has 0 radical (unpaired) electrons. The van der Waals surface area contributed by atoms with Crippen LogP contribution in [0, 0.1) is 0 Å². The van der Waals surface area contributed by atoms with E-state index in [9.17, 15) is 9.59 Å². The molecule has 0 unspecified atom stereocenters. The first-order valence-corrected chi connectivity index (χ1v) is 12.3. The first kappa shape index (κ1) is 25.6. The molecule has 0 aliphatic rings. The van der Waals surface area contributed by atoms with Crippen molar-refractivity contribution in [2.45, 2.75) is 63.6 Å². The van der Waals surface area contributed by atoms with Crippen molar-refractivity contribution < 1.29 is 9.59 Å². The summed E-state index contributed by atoms with van der Waals surface area (Å²) in [5.41, 5.74) is 0.902. The molecule has 31 heavy (non-hydrogen) atoms. The third kappa shape index (κ3) is 8.76. The molecule has 2 amide bonds. The lowest BCUT2D eigenvalue weighted by atomic mass is 10.1. The molecule has 0 heterocycles. The van der Waals surface area contributed by atoms with E-state index in [2.05, 4.69) is 5.32 Å². The van der Waals surface area contributed by atoms with Crippen LogP contribution >= 0.6 is 35.0 Å². The zero-order valence-electron chi connectivity index (χ0n) is 18.2. The number of hydrogen-bond acceptors (Lipinski definition) is 3. The Kier molecular flexibility index (Phi) is 10.7. The van der Waals surface area contributed by atoms with Crippen LogP contribution in [0.4, 0.5) is 0 Å². The van der Waals surface area contributed by atoms with Gasteiger partial charge in [0, 0.05) is 33.9 Å². The average molecular weight is 481 g/mol. The second-order valence-electron chi connectivity index (χ2n) is 7.55. The highest BCUT2D eigenvalue weighted by Crippen LogP contribution is 2.22. The van der Waals surface area contributed by atoms with Crippen molar-refractivity contribution in [1.29, 1.82) is 0 Å². The van der Waals surface area contributed by atoms with Crippen molar-refractivity contribution >= 4 is 46.8 Å². The monoisotopic (exact) mass is 480 g/mol. The van der Waals surface area contributed by atoms with Crippen LogP contribution in [0.5, 0.6) is 0 Å². The number of amides is 2. The molecule has 0 aliphatic carbocycles. The second kappa shape index (κ2) is 13.0. The minimum atomic E-state index is -0.565. The van der Waals surface area contributed by atoms with Gasteiger partial charge in [0.2, 0.25) is 11.8 Å². The number of thioether (sulfide) groups is 1. The van der Waals surface area contributed by atoms with Crippen LogP contribution in [-0.2, 0) is 16.1 Å². The van der Waals surface area contributed by atoms with Crippen molar-refractivity contribution in [2.75, 3.05) is 5.75 Å². The third-order valence-electron chi connectivity index (χ3n) is 5.03. The smallest absolute Gasteiger partial charge is 0.242 e. The molecule has 0 spiro atoms.